The van der Waals surface area contributed by atoms with Gasteiger partial charge in [0.25, 0.3) is 5.91 Å². The molecule has 0 unspecified atom stereocenters. The highest BCUT2D eigenvalue weighted by molar-refractivity contribution is 6.11. The van der Waals surface area contributed by atoms with Gasteiger partial charge in [0.1, 0.15) is 6.54 Å². The first-order chi connectivity index (χ1) is 15.6. The standard InChI is InChI=1S/C27H24N2O3/c30-23(16-28-26(31)24-19-10-11-20(14-19)25(24)27(28)32)29(21-8-2-1-3-9-21)22-13-12-17-6-4-5-7-18(17)15-22/h1-9,12-13,15,19-20,24-25H,10-11,14,16H2/t19-,20-,24-,25+/m0/s1. The zero-order valence-corrected chi connectivity index (χ0v) is 17.7. The minimum atomic E-state index is -0.277. The van der Waals surface area contributed by atoms with E-state index in [9.17, 15) is 14.4 Å². The lowest BCUT2D eigenvalue weighted by atomic mass is 9.81. The molecule has 5 nitrogen and oxygen atoms in total. The Hall–Kier alpha value is -3.47. The molecule has 0 aromatic heterocycles. The molecule has 2 aliphatic carbocycles. The summed E-state index contributed by atoms with van der Waals surface area (Å²) in [4.78, 5) is 42.7. The maximum atomic E-state index is 13.6. The van der Waals surface area contributed by atoms with Crippen molar-refractivity contribution in [2.45, 2.75) is 19.3 Å². The van der Waals surface area contributed by atoms with E-state index in [1.54, 1.807) is 4.90 Å². The molecular formula is C27H24N2O3. The number of para-hydroxylation sites is 1. The topological polar surface area (TPSA) is 57.7 Å². The molecule has 3 aromatic carbocycles. The van der Waals surface area contributed by atoms with Crippen LogP contribution in [0, 0.1) is 23.7 Å². The third-order valence-corrected chi connectivity index (χ3v) is 7.57. The minimum absolute atomic E-state index is 0.146. The summed E-state index contributed by atoms with van der Waals surface area (Å²) in [6.07, 6.45) is 3.04. The number of carbonyl (C=O) groups is 3. The van der Waals surface area contributed by atoms with Crippen molar-refractivity contribution in [3.63, 3.8) is 0 Å². The Kier molecular flexibility index (Phi) is 4.39. The van der Waals surface area contributed by atoms with Gasteiger partial charge >= 0.3 is 0 Å². The van der Waals surface area contributed by atoms with Crippen LogP contribution in [0.1, 0.15) is 19.3 Å². The van der Waals surface area contributed by atoms with Crippen LogP contribution in [0.25, 0.3) is 10.8 Å². The van der Waals surface area contributed by atoms with Crippen LogP contribution in [0.15, 0.2) is 72.8 Å². The summed E-state index contributed by atoms with van der Waals surface area (Å²) in [6.45, 7) is -0.216. The van der Waals surface area contributed by atoms with Gasteiger partial charge in [-0.2, -0.15) is 0 Å². The van der Waals surface area contributed by atoms with Crippen molar-refractivity contribution >= 4 is 39.9 Å². The quantitative estimate of drug-likeness (QED) is 0.578. The average Bonchev–Trinajstić information content (AvgIpc) is 3.50. The summed E-state index contributed by atoms with van der Waals surface area (Å²) in [6, 6.07) is 23.3. The Morgan fingerprint density at radius 2 is 1.41 bits per heavy atom. The molecule has 6 rings (SSSR count). The highest BCUT2D eigenvalue weighted by atomic mass is 16.2. The molecule has 160 valence electrons. The van der Waals surface area contributed by atoms with E-state index < -0.39 is 0 Å². The molecule has 1 saturated heterocycles. The van der Waals surface area contributed by atoms with Gasteiger partial charge in [0.2, 0.25) is 11.8 Å². The maximum absolute atomic E-state index is 13.6. The fourth-order valence-electron chi connectivity index (χ4n) is 6.16. The number of imide groups is 1. The Labute approximate surface area is 186 Å². The molecule has 3 aliphatic rings. The monoisotopic (exact) mass is 424 g/mol. The SMILES string of the molecule is O=C1[C@@H]2[C@H]3CC[C@@H](C3)[C@@H]2C(=O)N1CC(=O)N(c1ccccc1)c1ccc2ccccc2c1. The Morgan fingerprint density at radius 3 is 2.09 bits per heavy atom. The second-order valence-electron chi connectivity index (χ2n) is 9.24. The highest BCUT2D eigenvalue weighted by Gasteiger charge is 2.61. The molecule has 3 fully saturated rings. The average molecular weight is 425 g/mol. The van der Waals surface area contributed by atoms with Crippen LogP contribution in [0.2, 0.25) is 0 Å². The van der Waals surface area contributed by atoms with Crippen LogP contribution in [-0.4, -0.2) is 29.2 Å². The second-order valence-corrected chi connectivity index (χ2v) is 9.24. The zero-order chi connectivity index (χ0) is 21.8. The highest BCUT2D eigenvalue weighted by Crippen LogP contribution is 2.56. The van der Waals surface area contributed by atoms with Gasteiger partial charge in [-0.05, 0) is 66.1 Å². The fraction of sp³-hybridized carbons (Fsp3) is 0.296. The van der Waals surface area contributed by atoms with E-state index >= 15 is 0 Å². The van der Waals surface area contributed by atoms with Crippen molar-refractivity contribution in [2.75, 3.05) is 11.4 Å². The minimum Gasteiger partial charge on any atom is -0.280 e. The third kappa shape index (κ3) is 2.88. The Morgan fingerprint density at radius 1 is 0.781 bits per heavy atom. The molecule has 1 aliphatic heterocycles. The van der Waals surface area contributed by atoms with Crippen LogP contribution in [0.5, 0.6) is 0 Å². The van der Waals surface area contributed by atoms with Gasteiger partial charge in [0.15, 0.2) is 0 Å². The van der Waals surface area contributed by atoms with Gasteiger partial charge in [-0.25, -0.2) is 0 Å². The number of hydrogen-bond donors (Lipinski definition) is 0. The molecule has 32 heavy (non-hydrogen) atoms. The third-order valence-electron chi connectivity index (χ3n) is 7.57. The summed E-state index contributed by atoms with van der Waals surface area (Å²) < 4.78 is 0. The number of rotatable bonds is 4. The van der Waals surface area contributed by atoms with Crippen molar-refractivity contribution in [2.24, 2.45) is 23.7 Å². The summed E-state index contributed by atoms with van der Waals surface area (Å²) in [5.41, 5.74) is 1.44. The van der Waals surface area contributed by atoms with Crippen LogP contribution in [0.3, 0.4) is 0 Å². The van der Waals surface area contributed by atoms with Gasteiger partial charge in [-0.1, -0.05) is 48.5 Å². The van der Waals surface area contributed by atoms with Gasteiger partial charge in [0, 0.05) is 11.4 Å². The smallest absolute Gasteiger partial charge is 0.251 e. The number of carbonyl (C=O) groups excluding carboxylic acids is 3. The van der Waals surface area contributed by atoms with Gasteiger partial charge in [-0.15, -0.1) is 0 Å². The van der Waals surface area contributed by atoms with Gasteiger partial charge < -0.3 is 0 Å². The van der Waals surface area contributed by atoms with Crippen LogP contribution in [-0.2, 0) is 14.4 Å². The number of amides is 3. The zero-order valence-electron chi connectivity index (χ0n) is 17.7. The van der Waals surface area contributed by atoms with Crippen molar-refractivity contribution in [1.29, 1.82) is 0 Å². The molecule has 4 atom stereocenters. The first-order valence-electron chi connectivity index (χ1n) is 11.3. The molecule has 0 N–H and O–H groups in total. The first kappa shape index (κ1) is 19.2. The van der Waals surface area contributed by atoms with E-state index in [4.69, 9.17) is 0 Å². The van der Waals surface area contributed by atoms with Crippen LogP contribution >= 0.6 is 0 Å². The summed E-state index contributed by atoms with van der Waals surface area (Å²) in [5, 5.41) is 2.11. The van der Waals surface area contributed by atoms with Gasteiger partial charge in [0.05, 0.1) is 11.8 Å². The molecular weight excluding hydrogens is 400 g/mol. The molecule has 0 radical (unpaired) electrons. The number of fused-ring (bicyclic) bond motifs is 6. The summed E-state index contributed by atoms with van der Waals surface area (Å²) >= 11 is 0. The molecule has 2 saturated carbocycles. The normalized spacial score (nSPS) is 26.1. The number of likely N-dealkylation sites (tertiary alicyclic amines) is 1. The van der Waals surface area contributed by atoms with Crippen LogP contribution in [0.4, 0.5) is 11.4 Å². The summed E-state index contributed by atoms with van der Waals surface area (Å²) in [7, 11) is 0. The molecule has 2 bridgehead atoms. The predicted octanol–water partition coefficient (Wildman–Crippen LogP) is 4.54. The number of hydrogen-bond acceptors (Lipinski definition) is 3. The van der Waals surface area contributed by atoms with Crippen molar-refractivity contribution in [3.05, 3.63) is 72.8 Å². The van der Waals surface area contributed by atoms with Crippen molar-refractivity contribution in [1.82, 2.24) is 4.90 Å². The Balaban J connectivity index is 1.34. The van der Waals surface area contributed by atoms with Crippen LogP contribution < -0.4 is 4.90 Å². The number of anilines is 2. The molecule has 3 amide bonds. The van der Waals surface area contributed by atoms with E-state index in [0.717, 1.165) is 35.7 Å². The van der Waals surface area contributed by atoms with E-state index in [0.29, 0.717) is 17.5 Å². The van der Waals surface area contributed by atoms with E-state index in [2.05, 4.69) is 0 Å². The molecule has 5 heteroatoms. The lowest BCUT2D eigenvalue weighted by Gasteiger charge is -2.26. The summed E-state index contributed by atoms with van der Waals surface area (Å²) in [5.74, 6) is -0.362. The number of nitrogens with zero attached hydrogens (tertiary/aromatic N) is 2. The first-order valence-corrected chi connectivity index (χ1v) is 11.3. The molecule has 0 spiro atoms. The largest absolute Gasteiger partial charge is 0.280 e. The lowest BCUT2D eigenvalue weighted by molar-refractivity contribution is -0.143. The second kappa shape index (κ2) is 7.30. The van der Waals surface area contributed by atoms with E-state index in [-0.39, 0.29) is 36.1 Å². The fourth-order valence-corrected chi connectivity index (χ4v) is 6.16. The van der Waals surface area contributed by atoms with Crippen molar-refractivity contribution in [3.8, 4) is 0 Å². The van der Waals surface area contributed by atoms with Gasteiger partial charge in [-0.3, -0.25) is 24.2 Å². The Bertz CT molecular complexity index is 1210. The predicted molar refractivity (Wildman–Crippen MR) is 122 cm³/mol. The maximum Gasteiger partial charge on any atom is 0.251 e. The number of benzene rings is 3. The van der Waals surface area contributed by atoms with E-state index in [1.807, 2.05) is 72.8 Å². The molecule has 1 heterocycles. The molecule has 3 aromatic rings. The van der Waals surface area contributed by atoms with E-state index in [1.165, 1.54) is 4.90 Å². The lowest BCUT2D eigenvalue weighted by Crippen LogP contribution is -2.42. The van der Waals surface area contributed by atoms with Crippen molar-refractivity contribution < 1.29 is 14.4 Å².